The van der Waals surface area contributed by atoms with Crippen LogP contribution >= 0.6 is 0 Å². The van der Waals surface area contributed by atoms with Gasteiger partial charge in [-0.2, -0.15) is 5.06 Å². The summed E-state index contributed by atoms with van der Waals surface area (Å²) in [6.45, 7) is 10.5. The molecule has 6 aliphatic rings. The van der Waals surface area contributed by atoms with E-state index in [1.807, 2.05) is 14.1 Å². The van der Waals surface area contributed by atoms with Crippen LogP contribution in [0.25, 0.3) is 0 Å². The van der Waals surface area contributed by atoms with Crippen molar-refractivity contribution in [1.29, 1.82) is 0 Å². The van der Waals surface area contributed by atoms with Crippen molar-refractivity contribution in [2.24, 2.45) is 52.8 Å². The summed E-state index contributed by atoms with van der Waals surface area (Å²) in [7, 11) is 5.83. The minimum atomic E-state index is -0.811. The van der Waals surface area contributed by atoms with Gasteiger partial charge in [0.05, 0.1) is 18.8 Å². The fourth-order valence-corrected chi connectivity index (χ4v) is 10.5. The number of aliphatic hydroxyl groups excluding tert-OH is 2. The summed E-state index contributed by atoms with van der Waals surface area (Å²) in [5, 5.41) is 29.5. The molecule has 264 valence electrons. The largest absolute Gasteiger partial charge is 0.394 e. The predicted molar refractivity (Wildman–Crippen MR) is 177 cm³/mol. The number of likely N-dealkylation sites (N-methyl/N-ethyl adjacent to an activating group) is 1. The summed E-state index contributed by atoms with van der Waals surface area (Å²) in [5.74, 6) is 2.12. The first kappa shape index (κ1) is 36.0. The fourth-order valence-electron chi connectivity index (χ4n) is 10.5. The number of methoxy groups -OCH3 is 1. The minimum Gasteiger partial charge on any atom is -0.394 e. The van der Waals surface area contributed by atoms with E-state index >= 15 is 0 Å². The molecule has 5 saturated carbocycles. The molecule has 46 heavy (non-hydrogen) atoms. The van der Waals surface area contributed by atoms with E-state index in [1.54, 1.807) is 19.1 Å². The Morgan fingerprint density at radius 2 is 1.83 bits per heavy atom. The topological polar surface area (TPSA) is 124 Å². The molecule has 1 saturated heterocycles. The number of aliphatic hydroxyl groups is 2. The first-order valence-electron chi connectivity index (χ1n) is 18.3. The third-order valence-corrected chi connectivity index (χ3v) is 13.3. The van der Waals surface area contributed by atoms with E-state index in [0.29, 0.717) is 48.1 Å². The second-order valence-electron chi connectivity index (χ2n) is 16.5. The highest BCUT2D eigenvalue weighted by Gasteiger charge is 2.57. The smallest absolute Gasteiger partial charge is 0.240 e. The van der Waals surface area contributed by atoms with Crippen LogP contribution in [0.1, 0.15) is 85.5 Å². The van der Waals surface area contributed by atoms with E-state index < -0.39 is 24.2 Å². The Labute approximate surface area is 277 Å². The first-order valence-corrected chi connectivity index (χ1v) is 18.3. The van der Waals surface area contributed by atoms with Crippen molar-refractivity contribution in [2.45, 2.75) is 116 Å². The van der Waals surface area contributed by atoms with Gasteiger partial charge in [0.2, 0.25) is 11.8 Å². The van der Waals surface area contributed by atoms with Crippen LogP contribution in [0, 0.1) is 52.8 Å². The second kappa shape index (κ2) is 15.1. The van der Waals surface area contributed by atoms with Crippen LogP contribution in [0.2, 0.25) is 0 Å². The predicted octanol–water partition coefficient (Wildman–Crippen LogP) is 3.06. The molecule has 0 aromatic rings. The lowest BCUT2D eigenvalue weighted by Crippen LogP contribution is -2.62. The van der Waals surface area contributed by atoms with Crippen LogP contribution in [0.5, 0.6) is 0 Å². The molecule has 2 amide bonds. The standard InChI is InChI=1S/C36H64N4O6/c1-21-28-17-26(36(28,3)4)18-29(21)38-35(44)32-31(22(2)42)30(20-41)46-40(32)19-25-12-9-13-27(33(25)45-7)23-10-8-11-24(16-23)34(43)37-14-15-39(5)6/h21-33,41-42H,8-20H2,1-7H3,(H,37,43)(H,38,44)/t21-,22?,23?,24?,25?,26+,27?,28-,29-,30-,31?,32-,33?/m0/s1. The summed E-state index contributed by atoms with van der Waals surface area (Å²) >= 11 is 0. The average molecular weight is 649 g/mol. The van der Waals surface area contributed by atoms with Crippen LogP contribution in [0.15, 0.2) is 0 Å². The third kappa shape index (κ3) is 7.32. The summed E-state index contributed by atoms with van der Waals surface area (Å²) in [6, 6.07) is -0.572. The Bertz CT molecular complexity index is 1040. The Morgan fingerprint density at radius 3 is 2.46 bits per heavy atom. The molecule has 2 bridgehead atoms. The minimum absolute atomic E-state index is 0.00694. The second-order valence-corrected chi connectivity index (χ2v) is 16.5. The lowest BCUT2D eigenvalue weighted by atomic mass is 9.45. The van der Waals surface area contributed by atoms with Gasteiger partial charge in [0.1, 0.15) is 12.1 Å². The molecule has 1 aliphatic heterocycles. The SMILES string of the molecule is COC1C(CN2O[C@@H](CO)C(C(C)O)[C@H]2C(=O)N[C@H]2C[C@H]3C[C@@H]([C@@H]2C)C3(C)C)CCCC1C1CCCC(C(=O)NCCN(C)C)C1. The maximum atomic E-state index is 14.1. The molecule has 0 aromatic heterocycles. The Kier molecular flexibility index (Phi) is 11.8. The highest BCUT2D eigenvalue weighted by atomic mass is 16.7. The number of hydrogen-bond donors (Lipinski definition) is 4. The number of nitrogens with zero attached hydrogens (tertiary/aromatic N) is 2. The van der Waals surface area contributed by atoms with Gasteiger partial charge in [0, 0.05) is 50.5 Å². The van der Waals surface area contributed by atoms with E-state index in [-0.39, 0.29) is 42.4 Å². The zero-order valence-corrected chi connectivity index (χ0v) is 29.6. The number of amides is 2. The maximum absolute atomic E-state index is 14.1. The molecule has 0 radical (unpaired) electrons. The van der Waals surface area contributed by atoms with Crippen LogP contribution in [0.4, 0.5) is 0 Å². The van der Waals surface area contributed by atoms with Gasteiger partial charge in [-0.25, -0.2) is 0 Å². The van der Waals surface area contributed by atoms with E-state index in [9.17, 15) is 19.8 Å². The van der Waals surface area contributed by atoms with Crippen molar-refractivity contribution in [2.75, 3.05) is 47.4 Å². The van der Waals surface area contributed by atoms with Gasteiger partial charge in [-0.3, -0.25) is 14.4 Å². The summed E-state index contributed by atoms with van der Waals surface area (Å²) < 4.78 is 6.27. The van der Waals surface area contributed by atoms with E-state index in [0.717, 1.165) is 57.9 Å². The fraction of sp³-hybridized carbons (Fsp3) is 0.944. The van der Waals surface area contributed by atoms with E-state index in [4.69, 9.17) is 9.57 Å². The lowest BCUT2D eigenvalue weighted by Gasteiger charge is -2.62. The van der Waals surface area contributed by atoms with Crippen molar-refractivity contribution in [3.63, 3.8) is 0 Å². The first-order chi connectivity index (χ1) is 21.9. The van der Waals surface area contributed by atoms with Crippen molar-refractivity contribution in [3.05, 3.63) is 0 Å². The normalized spacial score (nSPS) is 41.5. The zero-order valence-electron chi connectivity index (χ0n) is 29.6. The number of nitrogens with one attached hydrogen (secondary N) is 2. The summed E-state index contributed by atoms with van der Waals surface area (Å²) in [5.41, 5.74) is 0.328. The van der Waals surface area contributed by atoms with Crippen molar-refractivity contribution in [3.8, 4) is 0 Å². The van der Waals surface area contributed by atoms with Gasteiger partial charge >= 0.3 is 0 Å². The third-order valence-electron chi connectivity index (χ3n) is 13.3. The zero-order chi connectivity index (χ0) is 33.3. The van der Waals surface area contributed by atoms with Crippen LogP contribution < -0.4 is 10.6 Å². The molecule has 4 N–H and O–H groups in total. The molecule has 1 heterocycles. The van der Waals surface area contributed by atoms with Gasteiger partial charge in [0.25, 0.3) is 0 Å². The van der Waals surface area contributed by atoms with Gasteiger partial charge in [-0.15, -0.1) is 0 Å². The molecule has 0 spiro atoms. The Balaban J connectivity index is 1.26. The van der Waals surface area contributed by atoms with Crippen molar-refractivity contribution in [1.82, 2.24) is 20.6 Å². The van der Waals surface area contributed by atoms with Crippen molar-refractivity contribution < 1.29 is 29.4 Å². The quantitative estimate of drug-likeness (QED) is 0.255. The van der Waals surface area contributed by atoms with Crippen LogP contribution in [-0.4, -0.2) is 110 Å². The number of carbonyl (C=O) groups is 2. The number of hydroxylamine groups is 2. The molecule has 10 heteroatoms. The van der Waals surface area contributed by atoms with Crippen LogP contribution in [-0.2, 0) is 19.2 Å². The van der Waals surface area contributed by atoms with Gasteiger partial charge in [0.15, 0.2) is 0 Å². The molecule has 6 fully saturated rings. The molecule has 0 aromatic carbocycles. The highest BCUT2D eigenvalue weighted by molar-refractivity contribution is 5.83. The Hall–Kier alpha value is -1.30. The van der Waals surface area contributed by atoms with Gasteiger partial charge < -0.3 is 30.5 Å². The number of ether oxygens (including phenoxy) is 1. The van der Waals surface area contributed by atoms with Crippen LogP contribution in [0.3, 0.4) is 0 Å². The van der Waals surface area contributed by atoms with Gasteiger partial charge in [-0.1, -0.05) is 40.0 Å². The maximum Gasteiger partial charge on any atom is 0.240 e. The molecular weight excluding hydrogens is 584 g/mol. The molecule has 5 aliphatic carbocycles. The summed E-state index contributed by atoms with van der Waals surface area (Å²) in [4.78, 5) is 35.6. The van der Waals surface area contributed by atoms with Gasteiger partial charge in [-0.05, 0) is 94.5 Å². The van der Waals surface area contributed by atoms with E-state index in [2.05, 4.69) is 36.3 Å². The van der Waals surface area contributed by atoms with Crippen molar-refractivity contribution >= 4 is 11.8 Å². The Morgan fingerprint density at radius 1 is 1.09 bits per heavy atom. The number of fused-ring (bicyclic) bond motifs is 2. The number of hydrogen-bond acceptors (Lipinski definition) is 8. The average Bonchev–Trinajstić information content (AvgIpc) is 3.40. The molecule has 6 rings (SSSR count). The monoisotopic (exact) mass is 648 g/mol. The van der Waals surface area contributed by atoms with E-state index in [1.165, 1.54) is 6.42 Å². The molecule has 10 nitrogen and oxygen atoms in total. The lowest BCUT2D eigenvalue weighted by molar-refractivity contribution is -0.193. The number of rotatable bonds is 12. The molecule has 7 unspecified atom stereocenters. The molecule has 13 atom stereocenters. The highest BCUT2D eigenvalue weighted by Crippen LogP contribution is 2.61. The molecular formula is C36H64N4O6. The number of carbonyl (C=O) groups excluding carboxylic acids is 2. The summed E-state index contributed by atoms with van der Waals surface area (Å²) in [6.07, 6.45) is 7.88.